The van der Waals surface area contributed by atoms with Crippen LogP contribution in [0.5, 0.6) is 5.75 Å². The molecule has 0 saturated heterocycles. The van der Waals surface area contributed by atoms with Crippen molar-refractivity contribution in [2.75, 3.05) is 13.7 Å². The lowest BCUT2D eigenvalue weighted by atomic mass is 9.96. The number of methoxy groups -OCH3 is 1. The van der Waals surface area contributed by atoms with Crippen molar-refractivity contribution in [2.24, 2.45) is 0 Å². The van der Waals surface area contributed by atoms with E-state index in [1.54, 1.807) is 18.2 Å². The number of hydrogen-bond acceptors (Lipinski definition) is 3. The first-order valence-electron chi connectivity index (χ1n) is 7.08. The van der Waals surface area contributed by atoms with Gasteiger partial charge < -0.3 is 10.1 Å². The number of aryl methyl sites for hydroxylation is 2. The lowest BCUT2D eigenvalue weighted by Gasteiger charge is -2.22. The van der Waals surface area contributed by atoms with Gasteiger partial charge in [-0.05, 0) is 38.1 Å². The third kappa shape index (κ3) is 3.22. The van der Waals surface area contributed by atoms with E-state index in [1.807, 2.05) is 32.9 Å². The molecule has 112 valence electrons. The van der Waals surface area contributed by atoms with Crippen molar-refractivity contribution in [3.8, 4) is 5.75 Å². The summed E-state index contributed by atoms with van der Waals surface area (Å²) in [5.41, 5.74) is 3.42. The summed E-state index contributed by atoms with van der Waals surface area (Å²) in [5, 5.41) is 3.33. The zero-order valence-electron chi connectivity index (χ0n) is 12.9. The van der Waals surface area contributed by atoms with E-state index in [0.29, 0.717) is 5.56 Å². The third-order valence-corrected chi connectivity index (χ3v) is 3.51. The topological polar surface area (TPSA) is 34.2 Å². The molecule has 0 radical (unpaired) electrons. The Bertz CT molecular complexity index is 628. The first-order valence-corrected chi connectivity index (χ1v) is 7.08. The number of aromatic nitrogens is 1. The lowest BCUT2D eigenvalue weighted by Crippen LogP contribution is -2.24. The number of ether oxygens (including phenoxy) is 1. The van der Waals surface area contributed by atoms with Crippen LogP contribution in [0, 0.1) is 19.7 Å². The van der Waals surface area contributed by atoms with Gasteiger partial charge in [0.15, 0.2) is 11.6 Å². The van der Waals surface area contributed by atoms with Gasteiger partial charge in [0, 0.05) is 17.0 Å². The fourth-order valence-corrected chi connectivity index (χ4v) is 2.50. The second-order valence-electron chi connectivity index (χ2n) is 4.98. The zero-order valence-corrected chi connectivity index (χ0v) is 12.9. The van der Waals surface area contributed by atoms with E-state index in [9.17, 15) is 4.39 Å². The van der Waals surface area contributed by atoms with E-state index in [2.05, 4.69) is 10.3 Å². The average molecular weight is 288 g/mol. The summed E-state index contributed by atoms with van der Waals surface area (Å²) in [7, 11) is 1.48. The van der Waals surface area contributed by atoms with Gasteiger partial charge in [-0.1, -0.05) is 25.1 Å². The molecule has 1 unspecified atom stereocenters. The summed E-state index contributed by atoms with van der Waals surface area (Å²) >= 11 is 0. The Labute approximate surface area is 125 Å². The summed E-state index contributed by atoms with van der Waals surface area (Å²) in [6, 6.07) is 8.93. The van der Waals surface area contributed by atoms with Gasteiger partial charge in [0.1, 0.15) is 0 Å². The van der Waals surface area contributed by atoms with Crippen LogP contribution in [0.3, 0.4) is 0 Å². The molecule has 0 aliphatic rings. The van der Waals surface area contributed by atoms with E-state index in [-0.39, 0.29) is 17.6 Å². The second-order valence-corrected chi connectivity index (χ2v) is 4.98. The highest BCUT2D eigenvalue weighted by Crippen LogP contribution is 2.30. The molecular weight excluding hydrogens is 267 g/mol. The molecule has 0 bridgehead atoms. The number of pyridine rings is 1. The molecule has 1 aromatic carbocycles. The van der Waals surface area contributed by atoms with Crippen LogP contribution in [0.4, 0.5) is 4.39 Å². The predicted molar refractivity (Wildman–Crippen MR) is 82.2 cm³/mol. The normalized spacial score (nSPS) is 12.2. The summed E-state index contributed by atoms with van der Waals surface area (Å²) in [6.45, 7) is 6.63. The summed E-state index contributed by atoms with van der Waals surface area (Å²) in [5.74, 6) is -0.0703. The summed E-state index contributed by atoms with van der Waals surface area (Å²) in [4.78, 5) is 4.48. The van der Waals surface area contributed by atoms with Crippen LogP contribution in [-0.2, 0) is 0 Å². The molecule has 0 spiro atoms. The monoisotopic (exact) mass is 288 g/mol. The fourth-order valence-electron chi connectivity index (χ4n) is 2.50. The second kappa shape index (κ2) is 6.68. The van der Waals surface area contributed by atoms with Crippen molar-refractivity contribution >= 4 is 0 Å². The lowest BCUT2D eigenvalue weighted by molar-refractivity contribution is 0.381. The minimum Gasteiger partial charge on any atom is -0.494 e. The number of hydrogen-bond donors (Lipinski definition) is 1. The van der Waals surface area contributed by atoms with Crippen LogP contribution in [0.2, 0.25) is 0 Å². The predicted octanol–water partition coefficient (Wildman–Crippen LogP) is 3.55. The Kier molecular flexibility index (Phi) is 4.91. The average Bonchev–Trinajstić information content (AvgIpc) is 2.46. The SMILES string of the molecule is CCNC(c1ccc(C)nc1C)c1cccc(OC)c1F. The minimum atomic E-state index is -0.328. The van der Waals surface area contributed by atoms with Gasteiger partial charge in [0.25, 0.3) is 0 Å². The standard InChI is InChI=1S/C17H21FN2O/c1-5-19-17(13-10-9-11(2)20-12(13)3)14-7-6-8-15(21-4)16(14)18/h6-10,17,19H,5H2,1-4H3. The van der Waals surface area contributed by atoms with Gasteiger partial charge in [0.2, 0.25) is 0 Å². The summed E-state index contributed by atoms with van der Waals surface area (Å²) in [6.07, 6.45) is 0. The highest BCUT2D eigenvalue weighted by molar-refractivity contribution is 5.40. The molecule has 0 amide bonds. The highest BCUT2D eigenvalue weighted by atomic mass is 19.1. The largest absolute Gasteiger partial charge is 0.494 e. The van der Waals surface area contributed by atoms with Crippen molar-refractivity contribution in [3.05, 3.63) is 58.7 Å². The molecule has 0 aliphatic carbocycles. The van der Waals surface area contributed by atoms with Crippen LogP contribution < -0.4 is 10.1 Å². The van der Waals surface area contributed by atoms with E-state index in [4.69, 9.17) is 4.74 Å². The zero-order chi connectivity index (χ0) is 15.4. The molecule has 1 atom stereocenters. The van der Waals surface area contributed by atoms with Crippen LogP contribution in [0.25, 0.3) is 0 Å². The quantitative estimate of drug-likeness (QED) is 0.913. The number of nitrogens with one attached hydrogen (secondary N) is 1. The molecule has 2 rings (SSSR count). The van der Waals surface area contributed by atoms with E-state index >= 15 is 0 Å². The summed E-state index contributed by atoms with van der Waals surface area (Å²) < 4.78 is 19.6. The molecule has 0 fully saturated rings. The highest BCUT2D eigenvalue weighted by Gasteiger charge is 2.21. The van der Waals surface area contributed by atoms with Gasteiger partial charge in [0.05, 0.1) is 13.2 Å². The number of benzene rings is 1. The van der Waals surface area contributed by atoms with Crippen molar-refractivity contribution < 1.29 is 9.13 Å². The van der Waals surface area contributed by atoms with Gasteiger partial charge in [-0.25, -0.2) is 4.39 Å². The molecule has 0 aliphatic heterocycles. The number of rotatable bonds is 5. The van der Waals surface area contributed by atoms with Crippen LogP contribution >= 0.6 is 0 Å². The molecule has 4 heteroatoms. The van der Waals surface area contributed by atoms with E-state index < -0.39 is 0 Å². The van der Waals surface area contributed by atoms with Crippen LogP contribution in [0.15, 0.2) is 30.3 Å². The molecule has 1 aromatic heterocycles. The fraction of sp³-hybridized carbons (Fsp3) is 0.353. The van der Waals surface area contributed by atoms with Crippen molar-refractivity contribution in [3.63, 3.8) is 0 Å². The van der Waals surface area contributed by atoms with Crippen molar-refractivity contribution in [1.29, 1.82) is 0 Å². The minimum absolute atomic E-state index is 0.238. The number of halogens is 1. The Morgan fingerprint density at radius 2 is 1.95 bits per heavy atom. The Morgan fingerprint density at radius 3 is 2.57 bits per heavy atom. The third-order valence-electron chi connectivity index (χ3n) is 3.51. The molecule has 1 N–H and O–H groups in total. The van der Waals surface area contributed by atoms with E-state index in [1.165, 1.54) is 7.11 Å². The van der Waals surface area contributed by atoms with Crippen LogP contribution in [0.1, 0.15) is 35.5 Å². The van der Waals surface area contributed by atoms with Gasteiger partial charge >= 0.3 is 0 Å². The maximum absolute atomic E-state index is 14.6. The Hall–Kier alpha value is -1.94. The Balaban J connectivity index is 2.53. The van der Waals surface area contributed by atoms with Gasteiger partial charge in [-0.3, -0.25) is 4.98 Å². The smallest absolute Gasteiger partial charge is 0.170 e. The maximum atomic E-state index is 14.6. The molecular formula is C17H21FN2O. The van der Waals surface area contributed by atoms with Gasteiger partial charge in [-0.2, -0.15) is 0 Å². The van der Waals surface area contributed by atoms with Crippen molar-refractivity contribution in [1.82, 2.24) is 10.3 Å². The Morgan fingerprint density at radius 1 is 1.19 bits per heavy atom. The molecule has 0 saturated carbocycles. The number of nitrogens with zero attached hydrogens (tertiary/aromatic N) is 1. The molecule has 3 nitrogen and oxygen atoms in total. The van der Waals surface area contributed by atoms with Gasteiger partial charge in [-0.15, -0.1) is 0 Å². The van der Waals surface area contributed by atoms with Crippen LogP contribution in [-0.4, -0.2) is 18.6 Å². The molecule has 21 heavy (non-hydrogen) atoms. The first kappa shape index (κ1) is 15.4. The maximum Gasteiger partial charge on any atom is 0.170 e. The molecule has 1 heterocycles. The molecule has 2 aromatic rings. The van der Waals surface area contributed by atoms with Crippen molar-refractivity contribution in [2.45, 2.75) is 26.8 Å². The van der Waals surface area contributed by atoms with E-state index in [0.717, 1.165) is 23.5 Å². The first-order chi connectivity index (χ1) is 10.1.